The Morgan fingerprint density at radius 2 is 1.92 bits per heavy atom. The molecular weight excluding hydrogens is 312 g/mol. The summed E-state index contributed by atoms with van der Waals surface area (Å²) in [5.41, 5.74) is 1.66. The van der Waals surface area contributed by atoms with Crippen LogP contribution in [0.1, 0.15) is 78.6 Å². The molecule has 0 heterocycles. The summed E-state index contributed by atoms with van der Waals surface area (Å²) in [5, 5.41) is 16.3. The largest absolute Gasteiger partial charge is 0.411 e. The van der Waals surface area contributed by atoms with Crippen LogP contribution in [0, 0.1) is 34.5 Å². The molecule has 0 spiro atoms. The number of hydrogen-bond acceptors (Lipinski definition) is 3. The second kappa shape index (κ2) is 5.99. The van der Waals surface area contributed by atoms with Crippen molar-refractivity contribution >= 4 is 11.6 Å². The van der Waals surface area contributed by atoms with Gasteiger partial charge in [-0.1, -0.05) is 19.0 Å². The van der Waals surface area contributed by atoms with Crippen LogP contribution in [0.5, 0.6) is 0 Å². The summed E-state index contributed by atoms with van der Waals surface area (Å²) < 4.78 is 0. The number of oxime groups is 1. The van der Waals surface area contributed by atoms with Gasteiger partial charge >= 0.3 is 0 Å². The van der Waals surface area contributed by atoms with Crippen molar-refractivity contribution < 1.29 is 10.0 Å². The first-order valence-corrected chi connectivity index (χ1v) is 10.4. The topological polar surface area (TPSA) is 61.7 Å². The van der Waals surface area contributed by atoms with Gasteiger partial charge in [-0.05, 0) is 86.9 Å². The number of nitrogens with zero attached hydrogens (tertiary/aromatic N) is 1. The highest BCUT2D eigenvalue weighted by Gasteiger charge is 2.59. The van der Waals surface area contributed by atoms with Crippen LogP contribution in [0.3, 0.4) is 0 Å². The van der Waals surface area contributed by atoms with Crippen LogP contribution in [0.25, 0.3) is 0 Å². The Labute approximate surface area is 151 Å². The molecule has 7 atom stereocenters. The van der Waals surface area contributed by atoms with E-state index in [2.05, 4.69) is 24.3 Å². The molecule has 2 N–H and O–H groups in total. The number of carbonyl (C=O) groups excluding carboxylic acids is 1. The zero-order valence-corrected chi connectivity index (χ0v) is 16.1. The van der Waals surface area contributed by atoms with Gasteiger partial charge in [-0.25, -0.2) is 0 Å². The number of rotatable bonds is 1. The molecule has 4 fully saturated rings. The van der Waals surface area contributed by atoms with Gasteiger partial charge in [0.2, 0.25) is 5.91 Å². The Hall–Kier alpha value is -1.06. The molecule has 1 amide bonds. The Bertz CT molecular complexity index is 588. The van der Waals surface area contributed by atoms with E-state index in [1.165, 1.54) is 44.9 Å². The van der Waals surface area contributed by atoms with Gasteiger partial charge in [-0.2, -0.15) is 0 Å². The second-order valence-corrected chi connectivity index (χ2v) is 9.87. The van der Waals surface area contributed by atoms with Crippen molar-refractivity contribution in [3.8, 4) is 0 Å². The van der Waals surface area contributed by atoms with Gasteiger partial charge in [-0.3, -0.25) is 4.79 Å². The molecule has 4 heteroatoms. The molecule has 0 aromatic carbocycles. The van der Waals surface area contributed by atoms with E-state index < -0.39 is 0 Å². The lowest BCUT2D eigenvalue weighted by Crippen LogP contribution is -2.55. The van der Waals surface area contributed by atoms with Crippen LogP contribution in [-0.2, 0) is 4.79 Å². The van der Waals surface area contributed by atoms with Gasteiger partial charge in [0, 0.05) is 18.4 Å². The van der Waals surface area contributed by atoms with Crippen molar-refractivity contribution in [3.05, 3.63) is 0 Å². The van der Waals surface area contributed by atoms with Gasteiger partial charge < -0.3 is 10.5 Å². The highest BCUT2D eigenvalue weighted by molar-refractivity contribution is 5.91. The second-order valence-electron chi connectivity index (χ2n) is 9.87. The SMILES string of the molecule is CC(=O)N[C@H]1CC[C@@]2(C)[C@@H](CC[C@@H]3[C@@H]2CC[C@]2(C)/C(=N/O)CC[C@@H]32)C1. The molecule has 4 aliphatic carbocycles. The van der Waals surface area contributed by atoms with E-state index in [-0.39, 0.29) is 11.3 Å². The average molecular weight is 347 g/mol. The zero-order chi connectivity index (χ0) is 17.8. The zero-order valence-electron chi connectivity index (χ0n) is 16.1. The maximum absolute atomic E-state index is 11.5. The number of nitrogens with one attached hydrogen (secondary N) is 1. The first kappa shape index (κ1) is 17.4. The van der Waals surface area contributed by atoms with E-state index in [0.717, 1.165) is 36.3 Å². The Morgan fingerprint density at radius 3 is 2.64 bits per heavy atom. The maximum Gasteiger partial charge on any atom is 0.217 e. The Balaban J connectivity index is 1.55. The van der Waals surface area contributed by atoms with E-state index in [9.17, 15) is 10.0 Å². The third-order valence-electron chi connectivity index (χ3n) is 8.93. The fourth-order valence-corrected chi connectivity index (χ4v) is 7.63. The molecule has 0 aliphatic heterocycles. The molecule has 4 rings (SSSR count). The quantitative estimate of drug-likeness (QED) is 0.547. The minimum absolute atomic E-state index is 0.123. The summed E-state index contributed by atoms with van der Waals surface area (Å²) in [6.45, 7) is 6.56. The molecule has 140 valence electrons. The normalized spacial score (nSPS) is 50.7. The van der Waals surface area contributed by atoms with Gasteiger partial charge in [0.25, 0.3) is 0 Å². The third kappa shape index (κ3) is 2.54. The summed E-state index contributed by atoms with van der Waals surface area (Å²) in [5.74, 6) is 3.22. The lowest BCUT2D eigenvalue weighted by atomic mass is 9.45. The first-order chi connectivity index (χ1) is 11.9. The van der Waals surface area contributed by atoms with E-state index in [1.807, 2.05) is 0 Å². The predicted octanol–water partition coefficient (Wildman–Crippen LogP) is 4.36. The van der Waals surface area contributed by atoms with Crippen molar-refractivity contribution in [2.45, 2.75) is 84.6 Å². The predicted molar refractivity (Wildman–Crippen MR) is 98.6 cm³/mol. The number of carbonyl (C=O) groups is 1. The first-order valence-electron chi connectivity index (χ1n) is 10.4. The molecule has 0 bridgehead atoms. The van der Waals surface area contributed by atoms with E-state index >= 15 is 0 Å². The molecular formula is C21H34N2O2. The number of fused-ring (bicyclic) bond motifs is 5. The van der Waals surface area contributed by atoms with Crippen LogP contribution in [0.15, 0.2) is 5.16 Å². The van der Waals surface area contributed by atoms with Gasteiger partial charge in [-0.15, -0.1) is 0 Å². The van der Waals surface area contributed by atoms with Crippen molar-refractivity contribution in [1.29, 1.82) is 0 Å². The Kier molecular flexibility index (Phi) is 4.16. The van der Waals surface area contributed by atoms with Crippen LogP contribution < -0.4 is 5.32 Å². The fraction of sp³-hybridized carbons (Fsp3) is 0.905. The summed E-state index contributed by atoms with van der Waals surface area (Å²) in [7, 11) is 0. The molecule has 4 saturated carbocycles. The highest BCUT2D eigenvalue weighted by Crippen LogP contribution is 2.65. The lowest BCUT2D eigenvalue weighted by Gasteiger charge is -2.60. The molecule has 0 saturated heterocycles. The van der Waals surface area contributed by atoms with Crippen LogP contribution in [-0.4, -0.2) is 22.9 Å². The fourth-order valence-electron chi connectivity index (χ4n) is 7.63. The molecule has 25 heavy (non-hydrogen) atoms. The van der Waals surface area contributed by atoms with Gasteiger partial charge in [0.1, 0.15) is 0 Å². The van der Waals surface area contributed by atoms with Gasteiger partial charge in [0.15, 0.2) is 0 Å². The van der Waals surface area contributed by atoms with E-state index in [4.69, 9.17) is 0 Å². The van der Waals surface area contributed by atoms with E-state index in [1.54, 1.807) is 6.92 Å². The molecule has 0 aromatic heterocycles. The molecule has 4 nitrogen and oxygen atoms in total. The maximum atomic E-state index is 11.5. The molecule has 0 unspecified atom stereocenters. The Morgan fingerprint density at radius 1 is 1.12 bits per heavy atom. The average Bonchev–Trinajstić information content (AvgIpc) is 2.91. The third-order valence-corrected chi connectivity index (χ3v) is 8.93. The summed E-state index contributed by atoms with van der Waals surface area (Å²) >= 11 is 0. The van der Waals surface area contributed by atoms with Crippen LogP contribution in [0.2, 0.25) is 0 Å². The highest BCUT2D eigenvalue weighted by atomic mass is 16.4. The van der Waals surface area contributed by atoms with Crippen molar-refractivity contribution in [1.82, 2.24) is 5.32 Å². The minimum atomic E-state index is 0.123. The van der Waals surface area contributed by atoms with E-state index in [0.29, 0.717) is 17.4 Å². The lowest BCUT2D eigenvalue weighted by molar-refractivity contribution is -0.122. The molecule has 0 aromatic rings. The van der Waals surface area contributed by atoms with Gasteiger partial charge in [0.05, 0.1) is 5.71 Å². The standard InChI is InChI=1S/C21H34N2O2/c1-13(24)22-15-8-10-20(2)14(12-15)4-5-16-17-6-7-19(23-25)21(17,3)11-9-18(16)20/h14-18,25H,4-12H2,1-3H3,(H,22,24)/b23-19+/t14-,15-,16-,17-,18-,20-,21-/m0/s1. The number of amides is 1. The van der Waals surface area contributed by atoms with Crippen molar-refractivity contribution in [2.75, 3.05) is 0 Å². The summed E-state index contributed by atoms with van der Waals surface area (Å²) in [6.07, 6.45) is 10.9. The summed E-state index contributed by atoms with van der Waals surface area (Å²) in [6, 6.07) is 0.389. The van der Waals surface area contributed by atoms with Crippen molar-refractivity contribution in [2.24, 2.45) is 39.7 Å². The van der Waals surface area contributed by atoms with Crippen molar-refractivity contribution in [3.63, 3.8) is 0 Å². The molecule has 4 aliphatic rings. The smallest absolute Gasteiger partial charge is 0.217 e. The molecule has 0 radical (unpaired) electrons. The summed E-state index contributed by atoms with van der Waals surface area (Å²) in [4.78, 5) is 11.5. The van der Waals surface area contributed by atoms with Crippen LogP contribution in [0.4, 0.5) is 0 Å². The van der Waals surface area contributed by atoms with Crippen LogP contribution >= 0.6 is 0 Å². The minimum Gasteiger partial charge on any atom is -0.411 e. The number of hydrogen-bond donors (Lipinski definition) is 2. The monoisotopic (exact) mass is 346 g/mol.